The Morgan fingerprint density at radius 2 is 2.06 bits per heavy atom. The van der Waals surface area contributed by atoms with Crippen molar-refractivity contribution in [3.05, 3.63) is 24.3 Å². The van der Waals surface area contributed by atoms with Crippen LogP contribution in [-0.2, 0) is 4.79 Å². The Labute approximate surface area is 108 Å². The van der Waals surface area contributed by atoms with E-state index in [1.165, 1.54) is 11.4 Å². The summed E-state index contributed by atoms with van der Waals surface area (Å²) in [4.78, 5) is 15.9. The van der Waals surface area contributed by atoms with Gasteiger partial charge in [0.05, 0.1) is 11.4 Å². The number of para-hydroxylation sites is 2. The first-order valence-electron chi connectivity index (χ1n) is 6.19. The van der Waals surface area contributed by atoms with Crippen LogP contribution in [0.5, 0.6) is 0 Å². The van der Waals surface area contributed by atoms with Gasteiger partial charge in [0.15, 0.2) is 0 Å². The summed E-state index contributed by atoms with van der Waals surface area (Å²) >= 11 is 0. The van der Waals surface area contributed by atoms with Crippen LogP contribution < -0.4 is 21.1 Å². The van der Waals surface area contributed by atoms with Gasteiger partial charge in [-0.05, 0) is 19.1 Å². The van der Waals surface area contributed by atoms with Crippen molar-refractivity contribution in [1.29, 1.82) is 0 Å². The predicted octanol–water partition coefficient (Wildman–Crippen LogP) is 0.711. The Hall–Kier alpha value is -1.75. The minimum Gasteiger partial charge on any atom is -0.371 e. The van der Waals surface area contributed by atoms with Crippen molar-refractivity contribution in [1.82, 2.24) is 5.43 Å². The van der Waals surface area contributed by atoms with Crippen LogP contribution in [0, 0.1) is 0 Å². The van der Waals surface area contributed by atoms with Gasteiger partial charge in [-0.3, -0.25) is 10.2 Å². The summed E-state index contributed by atoms with van der Waals surface area (Å²) in [6, 6.07) is 8.42. The van der Waals surface area contributed by atoms with Crippen molar-refractivity contribution in [2.24, 2.45) is 5.84 Å². The molecule has 1 aromatic rings. The second-order valence-corrected chi connectivity index (χ2v) is 4.72. The molecule has 0 radical (unpaired) electrons. The van der Waals surface area contributed by atoms with Gasteiger partial charge in [-0.15, -0.1) is 0 Å². The average Bonchev–Trinajstić information content (AvgIpc) is 2.39. The molecule has 1 aliphatic rings. The maximum absolute atomic E-state index is 11.4. The van der Waals surface area contributed by atoms with Crippen molar-refractivity contribution >= 4 is 17.3 Å². The summed E-state index contributed by atoms with van der Waals surface area (Å²) in [5, 5.41) is 0. The van der Waals surface area contributed by atoms with Gasteiger partial charge in [0.2, 0.25) is 5.91 Å². The topological polar surface area (TPSA) is 61.6 Å². The molecule has 18 heavy (non-hydrogen) atoms. The number of nitrogens with two attached hydrogens (primary N) is 1. The lowest BCUT2D eigenvalue weighted by Gasteiger charge is -2.40. The number of amides is 1. The zero-order valence-corrected chi connectivity index (χ0v) is 10.9. The summed E-state index contributed by atoms with van der Waals surface area (Å²) in [5.74, 6) is 5.01. The molecule has 0 saturated heterocycles. The van der Waals surface area contributed by atoms with E-state index < -0.39 is 0 Å². The van der Waals surface area contributed by atoms with E-state index in [2.05, 4.69) is 41.3 Å². The van der Waals surface area contributed by atoms with Crippen LogP contribution in [0.1, 0.15) is 13.3 Å². The normalized spacial score (nSPS) is 16.2. The van der Waals surface area contributed by atoms with Gasteiger partial charge in [0, 0.05) is 32.6 Å². The molecule has 1 aromatic carbocycles. The largest absolute Gasteiger partial charge is 0.371 e. The fourth-order valence-electron chi connectivity index (χ4n) is 2.42. The SMILES string of the molecule is CC(CC(=O)NN)N1CCN(C)c2ccccc21. The first-order valence-corrected chi connectivity index (χ1v) is 6.19. The fourth-order valence-corrected chi connectivity index (χ4v) is 2.42. The van der Waals surface area contributed by atoms with E-state index in [1.807, 2.05) is 12.1 Å². The molecule has 5 nitrogen and oxygen atoms in total. The Kier molecular flexibility index (Phi) is 3.72. The van der Waals surface area contributed by atoms with Crippen LogP contribution in [-0.4, -0.2) is 32.1 Å². The van der Waals surface area contributed by atoms with E-state index in [-0.39, 0.29) is 11.9 Å². The number of fused-ring (bicyclic) bond motifs is 1. The third-order valence-corrected chi connectivity index (χ3v) is 3.45. The lowest BCUT2D eigenvalue weighted by Crippen LogP contribution is -2.46. The molecule has 0 aliphatic carbocycles. The number of nitrogens with one attached hydrogen (secondary N) is 1. The second-order valence-electron chi connectivity index (χ2n) is 4.72. The highest BCUT2D eigenvalue weighted by molar-refractivity contribution is 5.78. The lowest BCUT2D eigenvalue weighted by molar-refractivity contribution is -0.121. The van der Waals surface area contributed by atoms with Crippen molar-refractivity contribution in [2.75, 3.05) is 29.9 Å². The molecule has 98 valence electrons. The second kappa shape index (κ2) is 5.27. The highest BCUT2D eigenvalue weighted by atomic mass is 16.2. The molecule has 1 aliphatic heterocycles. The molecule has 0 spiro atoms. The maximum atomic E-state index is 11.4. The number of likely N-dealkylation sites (N-methyl/N-ethyl adjacent to an activating group) is 1. The molecule has 1 amide bonds. The summed E-state index contributed by atoms with van der Waals surface area (Å²) in [7, 11) is 2.09. The minimum atomic E-state index is -0.126. The van der Waals surface area contributed by atoms with Gasteiger partial charge in [-0.2, -0.15) is 0 Å². The van der Waals surface area contributed by atoms with E-state index in [0.717, 1.165) is 13.1 Å². The Morgan fingerprint density at radius 3 is 2.72 bits per heavy atom. The summed E-state index contributed by atoms with van der Waals surface area (Å²) in [5.41, 5.74) is 4.59. The molecule has 0 saturated carbocycles. The molecular formula is C13H20N4O. The molecule has 1 atom stereocenters. The molecular weight excluding hydrogens is 228 g/mol. The van der Waals surface area contributed by atoms with E-state index in [0.29, 0.717) is 6.42 Å². The molecule has 2 rings (SSSR count). The molecule has 1 heterocycles. The highest BCUT2D eigenvalue weighted by Gasteiger charge is 2.24. The van der Waals surface area contributed by atoms with Crippen LogP contribution in [0.25, 0.3) is 0 Å². The quantitative estimate of drug-likeness (QED) is 0.470. The maximum Gasteiger partial charge on any atom is 0.235 e. The number of anilines is 2. The Balaban J connectivity index is 2.20. The molecule has 0 fully saturated rings. The number of benzene rings is 1. The monoisotopic (exact) mass is 248 g/mol. The predicted molar refractivity (Wildman–Crippen MR) is 73.5 cm³/mol. The van der Waals surface area contributed by atoms with Crippen LogP contribution in [0.4, 0.5) is 11.4 Å². The summed E-state index contributed by atoms with van der Waals surface area (Å²) in [6.45, 7) is 3.94. The van der Waals surface area contributed by atoms with Crippen LogP contribution in [0.15, 0.2) is 24.3 Å². The van der Waals surface area contributed by atoms with E-state index in [9.17, 15) is 4.79 Å². The number of rotatable bonds is 3. The Morgan fingerprint density at radius 1 is 1.39 bits per heavy atom. The molecule has 0 bridgehead atoms. The molecule has 1 unspecified atom stereocenters. The van der Waals surface area contributed by atoms with Crippen molar-refractivity contribution in [3.8, 4) is 0 Å². The number of hydrogen-bond acceptors (Lipinski definition) is 4. The third-order valence-electron chi connectivity index (χ3n) is 3.45. The standard InChI is InChI=1S/C13H20N4O/c1-10(9-13(18)15-14)17-8-7-16(2)11-5-3-4-6-12(11)17/h3-6,10H,7-9,14H2,1-2H3,(H,15,18). The number of carbonyl (C=O) groups excluding carboxylic acids is 1. The smallest absolute Gasteiger partial charge is 0.235 e. The minimum absolute atomic E-state index is 0.126. The van der Waals surface area contributed by atoms with E-state index >= 15 is 0 Å². The lowest BCUT2D eigenvalue weighted by atomic mass is 10.1. The first kappa shape index (κ1) is 12.7. The third kappa shape index (κ3) is 2.41. The molecule has 5 heteroatoms. The highest BCUT2D eigenvalue weighted by Crippen LogP contribution is 2.33. The first-order chi connectivity index (χ1) is 8.63. The fraction of sp³-hybridized carbons (Fsp3) is 0.462. The summed E-state index contributed by atoms with van der Waals surface area (Å²) < 4.78 is 0. The van der Waals surface area contributed by atoms with Gasteiger partial charge in [0.25, 0.3) is 0 Å². The average molecular weight is 248 g/mol. The summed E-state index contributed by atoms with van der Waals surface area (Å²) in [6.07, 6.45) is 0.411. The Bertz CT molecular complexity index is 435. The van der Waals surface area contributed by atoms with Crippen molar-refractivity contribution in [3.63, 3.8) is 0 Å². The number of hydrazine groups is 1. The zero-order valence-electron chi connectivity index (χ0n) is 10.9. The number of carbonyl (C=O) groups is 1. The number of nitrogens with zero attached hydrogens (tertiary/aromatic N) is 2. The van der Waals surface area contributed by atoms with Gasteiger partial charge >= 0.3 is 0 Å². The van der Waals surface area contributed by atoms with E-state index in [4.69, 9.17) is 5.84 Å². The van der Waals surface area contributed by atoms with Gasteiger partial charge in [-0.1, -0.05) is 12.1 Å². The number of hydrogen-bond donors (Lipinski definition) is 2. The van der Waals surface area contributed by atoms with Gasteiger partial charge in [-0.25, -0.2) is 5.84 Å². The van der Waals surface area contributed by atoms with Crippen LogP contribution >= 0.6 is 0 Å². The molecule has 0 aromatic heterocycles. The van der Waals surface area contributed by atoms with Gasteiger partial charge < -0.3 is 9.80 Å². The van der Waals surface area contributed by atoms with Crippen molar-refractivity contribution in [2.45, 2.75) is 19.4 Å². The van der Waals surface area contributed by atoms with Gasteiger partial charge in [0.1, 0.15) is 0 Å². The van der Waals surface area contributed by atoms with E-state index in [1.54, 1.807) is 0 Å². The van der Waals surface area contributed by atoms with Crippen LogP contribution in [0.3, 0.4) is 0 Å². The molecule has 3 N–H and O–H groups in total. The van der Waals surface area contributed by atoms with Crippen LogP contribution in [0.2, 0.25) is 0 Å². The zero-order chi connectivity index (χ0) is 13.1. The van der Waals surface area contributed by atoms with Crippen molar-refractivity contribution < 1.29 is 4.79 Å².